The van der Waals surface area contributed by atoms with Gasteiger partial charge in [0.2, 0.25) is 0 Å². The molecular formula is C16H22N2O3. The van der Waals surface area contributed by atoms with Gasteiger partial charge in [-0.1, -0.05) is 19.9 Å². The first-order chi connectivity index (χ1) is 10.0. The van der Waals surface area contributed by atoms with Crippen molar-refractivity contribution in [3.8, 4) is 5.75 Å². The van der Waals surface area contributed by atoms with E-state index >= 15 is 0 Å². The highest BCUT2D eigenvalue weighted by Gasteiger charge is 2.49. The van der Waals surface area contributed by atoms with Crippen LogP contribution < -0.4 is 15.4 Å². The second-order valence-corrected chi connectivity index (χ2v) is 6.26. The zero-order valence-corrected chi connectivity index (χ0v) is 12.7. The number of para-hydroxylation sites is 1. The van der Waals surface area contributed by atoms with Crippen molar-refractivity contribution < 1.29 is 14.3 Å². The molecule has 2 unspecified atom stereocenters. The Balaban J connectivity index is 1.75. The fourth-order valence-corrected chi connectivity index (χ4v) is 3.12. The molecule has 0 spiro atoms. The minimum Gasteiger partial charge on any atom is -0.489 e. The number of ether oxygens (including phenoxy) is 2. The number of nitrogens with one attached hydrogen (secondary N) is 2. The fourth-order valence-electron chi connectivity index (χ4n) is 3.12. The Bertz CT molecular complexity index is 556. The Kier molecular flexibility index (Phi) is 3.53. The summed E-state index contributed by atoms with van der Waals surface area (Å²) >= 11 is 0. The lowest BCUT2D eigenvalue weighted by Gasteiger charge is -2.51. The minimum atomic E-state index is -0.0804. The monoisotopic (exact) mass is 290 g/mol. The molecule has 1 aliphatic heterocycles. The Morgan fingerprint density at radius 1 is 1.48 bits per heavy atom. The van der Waals surface area contributed by atoms with Crippen molar-refractivity contribution in [3.63, 3.8) is 0 Å². The number of fused-ring (bicyclic) bond motifs is 1. The second kappa shape index (κ2) is 5.22. The summed E-state index contributed by atoms with van der Waals surface area (Å²) in [6.45, 7) is 5.59. The van der Waals surface area contributed by atoms with Gasteiger partial charge in [0.15, 0.2) is 5.75 Å². The molecule has 1 amide bonds. The average Bonchev–Trinajstić information content (AvgIpc) is 2.50. The van der Waals surface area contributed by atoms with Crippen molar-refractivity contribution in [2.45, 2.75) is 32.4 Å². The third-order valence-corrected chi connectivity index (χ3v) is 4.69. The topological polar surface area (TPSA) is 59.6 Å². The van der Waals surface area contributed by atoms with Crippen LogP contribution in [0.25, 0.3) is 0 Å². The number of carbonyl (C=O) groups excluding carboxylic acids is 1. The number of rotatable bonds is 3. The van der Waals surface area contributed by atoms with Crippen LogP contribution >= 0.6 is 0 Å². The highest BCUT2D eigenvalue weighted by atomic mass is 16.5. The maximum atomic E-state index is 12.5. The Morgan fingerprint density at radius 2 is 2.29 bits per heavy atom. The summed E-state index contributed by atoms with van der Waals surface area (Å²) in [7, 11) is 1.72. The molecule has 0 radical (unpaired) electrons. The largest absolute Gasteiger partial charge is 0.489 e. The van der Waals surface area contributed by atoms with Crippen LogP contribution in [0.1, 0.15) is 30.6 Å². The smallest absolute Gasteiger partial charge is 0.255 e. The molecule has 0 bridgehead atoms. The van der Waals surface area contributed by atoms with Crippen LogP contribution in [-0.4, -0.2) is 38.3 Å². The molecule has 114 valence electrons. The molecule has 5 nitrogen and oxygen atoms in total. The van der Waals surface area contributed by atoms with Crippen molar-refractivity contribution in [2.24, 2.45) is 5.41 Å². The van der Waals surface area contributed by atoms with Crippen LogP contribution in [-0.2, 0) is 4.74 Å². The van der Waals surface area contributed by atoms with Gasteiger partial charge >= 0.3 is 0 Å². The van der Waals surface area contributed by atoms with E-state index in [4.69, 9.17) is 9.47 Å². The van der Waals surface area contributed by atoms with Crippen LogP contribution in [0.15, 0.2) is 18.2 Å². The molecule has 0 aromatic heterocycles. The van der Waals surface area contributed by atoms with Gasteiger partial charge in [0.1, 0.15) is 6.61 Å². The van der Waals surface area contributed by atoms with E-state index in [0.29, 0.717) is 17.9 Å². The lowest BCUT2D eigenvalue weighted by atomic mass is 9.64. The SMILES string of the molecule is COC1CC(NC(=O)c2cccc3c2OCCN3)C1(C)C. The first kappa shape index (κ1) is 14.2. The van der Waals surface area contributed by atoms with Crippen LogP contribution in [0.4, 0.5) is 5.69 Å². The first-order valence-electron chi connectivity index (χ1n) is 7.37. The summed E-state index contributed by atoms with van der Waals surface area (Å²) in [6.07, 6.45) is 1.05. The zero-order valence-electron chi connectivity index (χ0n) is 12.7. The lowest BCUT2D eigenvalue weighted by Crippen LogP contribution is -2.61. The summed E-state index contributed by atoms with van der Waals surface area (Å²) in [5, 5.41) is 6.36. The molecule has 1 aromatic rings. The van der Waals surface area contributed by atoms with Crippen molar-refractivity contribution in [3.05, 3.63) is 23.8 Å². The van der Waals surface area contributed by atoms with E-state index < -0.39 is 0 Å². The predicted octanol–water partition coefficient (Wildman–Crippen LogP) is 2.03. The van der Waals surface area contributed by atoms with Gasteiger partial charge in [-0.15, -0.1) is 0 Å². The number of anilines is 1. The van der Waals surface area contributed by atoms with E-state index in [-0.39, 0.29) is 23.5 Å². The molecule has 0 saturated heterocycles. The summed E-state index contributed by atoms with van der Waals surface area (Å²) in [5.41, 5.74) is 1.44. The second-order valence-electron chi connectivity index (χ2n) is 6.26. The first-order valence-corrected chi connectivity index (χ1v) is 7.37. The van der Waals surface area contributed by atoms with Crippen molar-refractivity contribution in [1.29, 1.82) is 0 Å². The molecular weight excluding hydrogens is 268 g/mol. The summed E-state index contributed by atoms with van der Waals surface area (Å²) in [6, 6.07) is 5.74. The number of benzene rings is 1. The summed E-state index contributed by atoms with van der Waals surface area (Å²) in [4.78, 5) is 12.5. The van der Waals surface area contributed by atoms with E-state index in [0.717, 1.165) is 18.7 Å². The van der Waals surface area contributed by atoms with E-state index in [1.54, 1.807) is 13.2 Å². The number of hydrogen-bond acceptors (Lipinski definition) is 4. The van der Waals surface area contributed by atoms with Gasteiger partial charge in [0.05, 0.1) is 17.4 Å². The van der Waals surface area contributed by atoms with Gasteiger partial charge in [-0.3, -0.25) is 4.79 Å². The highest BCUT2D eigenvalue weighted by Crippen LogP contribution is 2.42. The minimum absolute atomic E-state index is 0.0433. The van der Waals surface area contributed by atoms with Crippen LogP contribution in [0, 0.1) is 5.41 Å². The highest BCUT2D eigenvalue weighted by molar-refractivity contribution is 5.99. The number of methoxy groups -OCH3 is 1. The molecule has 1 saturated carbocycles. The maximum Gasteiger partial charge on any atom is 0.255 e. The maximum absolute atomic E-state index is 12.5. The Morgan fingerprint density at radius 3 is 3.00 bits per heavy atom. The Labute approximate surface area is 125 Å². The molecule has 1 aromatic carbocycles. The number of carbonyl (C=O) groups is 1. The van der Waals surface area contributed by atoms with Crippen LogP contribution in [0.3, 0.4) is 0 Å². The third-order valence-electron chi connectivity index (χ3n) is 4.69. The van der Waals surface area contributed by atoms with Gasteiger partial charge in [-0.2, -0.15) is 0 Å². The van der Waals surface area contributed by atoms with Crippen LogP contribution in [0.2, 0.25) is 0 Å². The molecule has 1 aliphatic carbocycles. The normalized spacial score (nSPS) is 25.9. The number of amides is 1. The summed E-state index contributed by atoms with van der Waals surface area (Å²) in [5.74, 6) is 0.574. The molecule has 21 heavy (non-hydrogen) atoms. The molecule has 3 rings (SSSR count). The van der Waals surface area contributed by atoms with Crippen molar-refractivity contribution >= 4 is 11.6 Å². The van der Waals surface area contributed by atoms with Crippen LogP contribution in [0.5, 0.6) is 5.75 Å². The van der Waals surface area contributed by atoms with E-state index in [9.17, 15) is 4.79 Å². The van der Waals surface area contributed by atoms with Gasteiger partial charge < -0.3 is 20.1 Å². The average molecular weight is 290 g/mol. The van der Waals surface area contributed by atoms with Gasteiger partial charge in [0, 0.05) is 25.1 Å². The zero-order chi connectivity index (χ0) is 15.0. The van der Waals surface area contributed by atoms with Gasteiger partial charge in [-0.25, -0.2) is 0 Å². The van der Waals surface area contributed by atoms with Crippen molar-refractivity contribution in [2.75, 3.05) is 25.6 Å². The quantitative estimate of drug-likeness (QED) is 0.894. The predicted molar refractivity (Wildman–Crippen MR) is 80.9 cm³/mol. The van der Waals surface area contributed by atoms with E-state index in [2.05, 4.69) is 24.5 Å². The fraction of sp³-hybridized carbons (Fsp3) is 0.562. The van der Waals surface area contributed by atoms with Gasteiger partial charge in [-0.05, 0) is 18.6 Å². The van der Waals surface area contributed by atoms with Crippen molar-refractivity contribution in [1.82, 2.24) is 5.32 Å². The van der Waals surface area contributed by atoms with Gasteiger partial charge in [0.25, 0.3) is 5.91 Å². The molecule has 2 N–H and O–H groups in total. The molecule has 5 heteroatoms. The Hall–Kier alpha value is -1.75. The standard InChI is InChI=1S/C16H22N2O3/c1-16(2)12(9-13(16)20-3)18-15(19)10-5-4-6-11-14(10)21-8-7-17-11/h4-6,12-13,17H,7-9H2,1-3H3,(H,18,19). The van der Waals surface area contributed by atoms with E-state index in [1.165, 1.54) is 0 Å². The molecule has 2 aliphatic rings. The summed E-state index contributed by atoms with van der Waals surface area (Å²) < 4.78 is 11.1. The third kappa shape index (κ3) is 2.35. The molecule has 1 fully saturated rings. The number of hydrogen-bond donors (Lipinski definition) is 2. The molecule has 2 atom stereocenters. The van der Waals surface area contributed by atoms with E-state index in [1.807, 2.05) is 12.1 Å². The lowest BCUT2D eigenvalue weighted by molar-refractivity contribution is -0.0942. The molecule has 1 heterocycles.